The number of carbonyl (C=O) groups is 3. The molecule has 0 fully saturated rings. The maximum atomic E-state index is 12.7. The summed E-state index contributed by atoms with van der Waals surface area (Å²) in [5.41, 5.74) is 1.32. The molecule has 0 aliphatic rings. The van der Waals surface area contributed by atoms with E-state index in [1.807, 2.05) is 18.2 Å². The predicted molar refractivity (Wildman–Crippen MR) is 113 cm³/mol. The molecule has 0 atom stereocenters. The van der Waals surface area contributed by atoms with Crippen LogP contribution in [0.2, 0.25) is 6.55 Å². The maximum Gasteiger partial charge on any atom is 0.376 e. The fourth-order valence-corrected chi connectivity index (χ4v) is 4.74. The van der Waals surface area contributed by atoms with E-state index < -0.39 is 8.56 Å². The summed E-state index contributed by atoms with van der Waals surface area (Å²) >= 11 is 0. The van der Waals surface area contributed by atoms with Crippen molar-refractivity contribution in [2.45, 2.75) is 6.55 Å². The summed E-state index contributed by atoms with van der Waals surface area (Å²) in [4.78, 5) is 46.7. The molecule has 0 bridgehead atoms. The van der Waals surface area contributed by atoms with Crippen molar-refractivity contribution in [2.24, 2.45) is 0 Å². The van der Waals surface area contributed by atoms with E-state index in [1.165, 1.54) is 0 Å². The number of rotatable bonds is 6. The van der Waals surface area contributed by atoms with Crippen molar-refractivity contribution in [1.82, 2.24) is 14.9 Å². The number of hydrogen-bond acceptors (Lipinski definition) is 3. The molecule has 29 heavy (non-hydrogen) atoms. The largest absolute Gasteiger partial charge is 0.376 e. The zero-order valence-electron chi connectivity index (χ0n) is 15.9. The number of carbonyl (C=O) groups excluding carboxylic acids is 3. The van der Waals surface area contributed by atoms with Gasteiger partial charge in [0.25, 0.3) is 0 Å². The van der Waals surface area contributed by atoms with Crippen LogP contribution in [0.1, 0.15) is 31.1 Å². The molecule has 0 saturated heterocycles. The highest BCUT2D eigenvalue weighted by atomic mass is 28.4. The van der Waals surface area contributed by atoms with Crippen molar-refractivity contribution in [3.8, 4) is 0 Å². The lowest BCUT2D eigenvalue weighted by Crippen LogP contribution is -2.73. The van der Waals surface area contributed by atoms with Gasteiger partial charge in [-0.25, -0.2) is 0 Å². The monoisotopic (exact) mass is 403 g/mol. The SMILES string of the molecule is C[Si](NC(=O)c1ccccc1)(NC(=O)c1ccccc1)NC(=O)c1ccccc1. The summed E-state index contributed by atoms with van der Waals surface area (Å²) in [6, 6.07) is 25.9. The molecule has 0 aromatic heterocycles. The highest BCUT2D eigenvalue weighted by Crippen LogP contribution is 2.05. The van der Waals surface area contributed by atoms with Gasteiger partial charge in [0, 0.05) is 16.7 Å². The van der Waals surface area contributed by atoms with Crippen LogP contribution >= 0.6 is 0 Å². The molecule has 0 unspecified atom stereocenters. The topological polar surface area (TPSA) is 87.3 Å². The second-order valence-electron chi connectivity index (χ2n) is 6.59. The summed E-state index contributed by atoms with van der Waals surface area (Å²) < 4.78 is 0. The molecule has 0 heterocycles. The van der Waals surface area contributed by atoms with Crippen molar-refractivity contribution in [1.29, 1.82) is 0 Å². The van der Waals surface area contributed by atoms with E-state index in [-0.39, 0.29) is 17.7 Å². The zero-order valence-corrected chi connectivity index (χ0v) is 16.9. The third-order valence-corrected chi connectivity index (χ3v) is 6.38. The molecule has 0 spiro atoms. The Morgan fingerprint density at radius 1 is 0.517 bits per heavy atom. The normalized spacial score (nSPS) is 10.7. The molecule has 6 nitrogen and oxygen atoms in total. The van der Waals surface area contributed by atoms with Gasteiger partial charge in [0.1, 0.15) is 0 Å². The highest BCUT2D eigenvalue weighted by molar-refractivity contribution is 6.78. The first-order valence-electron chi connectivity index (χ1n) is 9.09. The Morgan fingerprint density at radius 2 is 0.759 bits per heavy atom. The first-order valence-corrected chi connectivity index (χ1v) is 11.6. The standard InChI is InChI=1S/C22H21N3O3Si/c1-29(23-20(26)17-11-5-2-6-12-17,24-21(27)18-13-7-3-8-14-18)25-22(28)19-15-9-4-10-16-19/h2-16H,1H3,(H,23,26)(H,24,27)(H,25,28). The fraction of sp³-hybridized carbons (Fsp3) is 0.0455. The Balaban J connectivity index is 1.84. The third kappa shape index (κ3) is 5.39. The lowest BCUT2D eigenvalue weighted by Gasteiger charge is -2.29. The fourth-order valence-electron chi connectivity index (χ4n) is 2.76. The summed E-state index contributed by atoms with van der Waals surface area (Å²) in [5.74, 6) is -1.12. The van der Waals surface area contributed by atoms with Gasteiger partial charge < -0.3 is 14.9 Å². The molecule has 0 saturated carbocycles. The molecule has 3 rings (SSSR count). The molecule has 3 aromatic carbocycles. The van der Waals surface area contributed by atoms with Gasteiger partial charge in [-0.2, -0.15) is 0 Å². The van der Waals surface area contributed by atoms with Crippen molar-refractivity contribution < 1.29 is 14.4 Å². The van der Waals surface area contributed by atoms with Crippen molar-refractivity contribution >= 4 is 26.3 Å². The molecule has 3 aromatic rings. The van der Waals surface area contributed by atoms with Crippen LogP contribution in [0.3, 0.4) is 0 Å². The Morgan fingerprint density at radius 3 is 1.00 bits per heavy atom. The Bertz CT molecular complexity index is 866. The van der Waals surface area contributed by atoms with Gasteiger partial charge in [-0.15, -0.1) is 0 Å². The van der Waals surface area contributed by atoms with Crippen molar-refractivity contribution in [3.05, 3.63) is 108 Å². The molecule has 0 aliphatic heterocycles. The van der Waals surface area contributed by atoms with E-state index in [0.29, 0.717) is 16.7 Å². The van der Waals surface area contributed by atoms with Crippen LogP contribution < -0.4 is 14.9 Å². The first kappa shape index (κ1) is 20.0. The van der Waals surface area contributed by atoms with E-state index >= 15 is 0 Å². The molecular weight excluding hydrogens is 382 g/mol. The average Bonchev–Trinajstić information content (AvgIpc) is 2.75. The maximum absolute atomic E-state index is 12.7. The van der Waals surface area contributed by atoms with Crippen molar-refractivity contribution in [3.63, 3.8) is 0 Å². The quantitative estimate of drug-likeness (QED) is 0.553. The van der Waals surface area contributed by atoms with Crippen LogP contribution in [-0.4, -0.2) is 26.3 Å². The number of nitrogens with one attached hydrogen (secondary N) is 3. The van der Waals surface area contributed by atoms with E-state index in [0.717, 1.165) is 0 Å². The van der Waals surface area contributed by atoms with Gasteiger partial charge in [0.2, 0.25) is 17.7 Å². The van der Waals surface area contributed by atoms with Gasteiger partial charge in [0.05, 0.1) is 0 Å². The van der Waals surface area contributed by atoms with Crippen LogP contribution in [0.15, 0.2) is 91.0 Å². The van der Waals surface area contributed by atoms with E-state index in [4.69, 9.17) is 0 Å². The van der Waals surface area contributed by atoms with Crippen LogP contribution in [-0.2, 0) is 0 Å². The molecular formula is C22H21N3O3Si. The predicted octanol–water partition coefficient (Wildman–Crippen LogP) is 2.85. The van der Waals surface area contributed by atoms with Gasteiger partial charge in [-0.1, -0.05) is 54.6 Å². The lowest BCUT2D eigenvalue weighted by atomic mass is 10.2. The smallest absolute Gasteiger partial charge is 0.344 e. The summed E-state index contributed by atoms with van der Waals surface area (Å²) in [5, 5.41) is 0. The van der Waals surface area contributed by atoms with Crippen LogP contribution in [0.25, 0.3) is 0 Å². The Labute approximate surface area is 170 Å². The molecule has 3 amide bonds. The van der Waals surface area contributed by atoms with E-state index in [1.54, 1.807) is 79.3 Å². The molecule has 0 aliphatic carbocycles. The minimum absolute atomic E-state index is 0.374. The molecule has 7 heteroatoms. The first-order chi connectivity index (χ1) is 14.0. The Hall–Kier alpha value is -3.71. The summed E-state index contributed by atoms with van der Waals surface area (Å²) in [6.07, 6.45) is 0. The van der Waals surface area contributed by atoms with Crippen LogP contribution in [0, 0.1) is 0 Å². The summed E-state index contributed by atoms with van der Waals surface area (Å²) in [7, 11) is -3.29. The zero-order chi connectivity index (χ0) is 20.7. The molecule has 146 valence electrons. The highest BCUT2D eigenvalue weighted by Gasteiger charge is 2.36. The van der Waals surface area contributed by atoms with Gasteiger partial charge >= 0.3 is 8.56 Å². The average molecular weight is 404 g/mol. The van der Waals surface area contributed by atoms with E-state index in [2.05, 4.69) is 14.9 Å². The van der Waals surface area contributed by atoms with Gasteiger partial charge in [-0.3, -0.25) is 14.4 Å². The minimum atomic E-state index is -3.29. The third-order valence-electron chi connectivity index (χ3n) is 4.20. The Kier molecular flexibility index (Phi) is 6.21. The summed E-state index contributed by atoms with van der Waals surface area (Å²) in [6.45, 7) is 1.66. The van der Waals surface area contributed by atoms with Crippen LogP contribution in [0.5, 0.6) is 0 Å². The number of amides is 3. The van der Waals surface area contributed by atoms with Crippen molar-refractivity contribution in [2.75, 3.05) is 0 Å². The lowest BCUT2D eigenvalue weighted by molar-refractivity contribution is 0.0958. The molecule has 3 N–H and O–H groups in total. The molecule has 0 radical (unpaired) electrons. The number of hydrogen-bond donors (Lipinski definition) is 3. The second-order valence-corrected chi connectivity index (χ2v) is 9.59. The van der Waals surface area contributed by atoms with Gasteiger partial charge in [0.15, 0.2) is 0 Å². The minimum Gasteiger partial charge on any atom is -0.344 e. The second kappa shape index (κ2) is 8.98. The number of benzene rings is 3. The van der Waals surface area contributed by atoms with E-state index in [9.17, 15) is 14.4 Å². The van der Waals surface area contributed by atoms with Crippen LogP contribution in [0.4, 0.5) is 0 Å². The van der Waals surface area contributed by atoms with Gasteiger partial charge in [-0.05, 0) is 42.9 Å².